The number of hydrogen-bond donors (Lipinski definition) is 1. The van der Waals surface area contributed by atoms with Crippen molar-refractivity contribution in [1.29, 1.82) is 0 Å². The molecule has 0 saturated heterocycles. The first kappa shape index (κ1) is 23.7. The van der Waals surface area contributed by atoms with Gasteiger partial charge in [-0.15, -0.1) is 0 Å². The predicted molar refractivity (Wildman–Crippen MR) is 130 cm³/mol. The molecular formula is C28H34N2O2. The Labute approximate surface area is 192 Å². The lowest BCUT2D eigenvalue weighted by Crippen LogP contribution is -2.42. The minimum absolute atomic E-state index is 0.0334. The van der Waals surface area contributed by atoms with Gasteiger partial charge in [0.15, 0.2) is 0 Å². The topological polar surface area (TPSA) is 43.8 Å². The van der Waals surface area contributed by atoms with Crippen molar-refractivity contribution in [3.8, 4) is 0 Å². The van der Waals surface area contributed by atoms with Crippen LogP contribution in [0.15, 0.2) is 91.0 Å². The van der Waals surface area contributed by atoms with Gasteiger partial charge < -0.3 is 10.0 Å². The Bertz CT molecular complexity index is 905. The van der Waals surface area contributed by atoms with E-state index in [0.717, 1.165) is 18.7 Å². The fourth-order valence-corrected chi connectivity index (χ4v) is 3.90. The molecule has 1 amide bonds. The summed E-state index contributed by atoms with van der Waals surface area (Å²) < 4.78 is 0. The summed E-state index contributed by atoms with van der Waals surface area (Å²) in [7, 11) is 1.78. The lowest BCUT2D eigenvalue weighted by Gasteiger charge is -2.33. The quantitative estimate of drug-likeness (QED) is 0.490. The predicted octanol–water partition coefficient (Wildman–Crippen LogP) is 5.05. The molecule has 0 spiro atoms. The number of nitrogens with zero attached hydrogens (tertiary/aromatic N) is 2. The van der Waals surface area contributed by atoms with Gasteiger partial charge >= 0.3 is 0 Å². The maximum Gasteiger partial charge on any atom is 0.224 e. The van der Waals surface area contributed by atoms with Crippen molar-refractivity contribution in [3.63, 3.8) is 0 Å². The molecule has 3 atom stereocenters. The lowest BCUT2D eigenvalue weighted by molar-refractivity contribution is -0.135. The van der Waals surface area contributed by atoms with E-state index in [1.165, 1.54) is 11.1 Å². The average molecular weight is 431 g/mol. The van der Waals surface area contributed by atoms with E-state index >= 15 is 0 Å². The van der Waals surface area contributed by atoms with Crippen LogP contribution in [0.4, 0.5) is 0 Å². The van der Waals surface area contributed by atoms with Gasteiger partial charge in [0.25, 0.3) is 0 Å². The van der Waals surface area contributed by atoms with Gasteiger partial charge in [0.2, 0.25) is 5.91 Å². The van der Waals surface area contributed by atoms with Crippen LogP contribution in [0.1, 0.15) is 43.1 Å². The van der Waals surface area contributed by atoms with Crippen LogP contribution in [0.3, 0.4) is 0 Å². The number of carbonyl (C=O) groups is 1. The molecule has 0 bridgehead atoms. The van der Waals surface area contributed by atoms with Crippen molar-refractivity contribution in [3.05, 3.63) is 108 Å². The molecule has 3 rings (SSSR count). The number of benzene rings is 3. The van der Waals surface area contributed by atoms with Gasteiger partial charge in [0, 0.05) is 32.6 Å². The van der Waals surface area contributed by atoms with E-state index in [4.69, 9.17) is 0 Å². The lowest BCUT2D eigenvalue weighted by atomic mass is 10.0. The first-order chi connectivity index (χ1) is 15.5. The number of hydrogen-bond acceptors (Lipinski definition) is 3. The normalized spacial score (nSPS) is 14.0. The summed E-state index contributed by atoms with van der Waals surface area (Å²) in [5.41, 5.74) is 3.27. The zero-order valence-electron chi connectivity index (χ0n) is 19.3. The highest BCUT2D eigenvalue weighted by Crippen LogP contribution is 2.22. The molecular weight excluding hydrogens is 396 g/mol. The number of rotatable bonds is 10. The molecule has 0 fully saturated rings. The van der Waals surface area contributed by atoms with Gasteiger partial charge in [0.1, 0.15) is 0 Å². The van der Waals surface area contributed by atoms with Crippen molar-refractivity contribution < 1.29 is 9.90 Å². The van der Waals surface area contributed by atoms with E-state index in [1.807, 2.05) is 73.7 Å². The van der Waals surface area contributed by atoms with Crippen LogP contribution in [-0.2, 0) is 17.9 Å². The van der Waals surface area contributed by atoms with Gasteiger partial charge in [-0.2, -0.15) is 0 Å². The van der Waals surface area contributed by atoms with Crippen LogP contribution in [-0.4, -0.2) is 39.9 Å². The molecule has 0 aromatic heterocycles. The van der Waals surface area contributed by atoms with Crippen molar-refractivity contribution in [1.82, 2.24) is 9.80 Å². The Morgan fingerprint density at radius 2 is 1.22 bits per heavy atom. The van der Waals surface area contributed by atoms with Crippen LogP contribution in [0.5, 0.6) is 0 Å². The molecule has 0 aliphatic heterocycles. The highest BCUT2D eigenvalue weighted by atomic mass is 16.3. The highest BCUT2D eigenvalue weighted by Gasteiger charge is 2.26. The van der Waals surface area contributed by atoms with Crippen LogP contribution in [0.25, 0.3) is 0 Å². The van der Waals surface area contributed by atoms with E-state index < -0.39 is 6.10 Å². The van der Waals surface area contributed by atoms with Crippen LogP contribution < -0.4 is 0 Å². The Morgan fingerprint density at radius 1 is 0.781 bits per heavy atom. The Hall–Kier alpha value is -2.95. The minimum Gasteiger partial charge on any atom is -0.386 e. The Morgan fingerprint density at radius 3 is 1.69 bits per heavy atom. The number of likely N-dealkylation sites (N-methyl/N-ethyl adjacent to an activating group) is 1. The average Bonchev–Trinajstić information content (AvgIpc) is 2.84. The summed E-state index contributed by atoms with van der Waals surface area (Å²) in [6.45, 7) is 5.55. The van der Waals surface area contributed by atoms with Gasteiger partial charge in [-0.1, -0.05) is 91.0 Å². The molecule has 32 heavy (non-hydrogen) atoms. The summed E-state index contributed by atoms with van der Waals surface area (Å²) in [5.74, 6) is 0.0334. The highest BCUT2D eigenvalue weighted by molar-refractivity contribution is 5.76. The maximum atomic E-state index is 13.1. The molecule has 3 aromatic carbocycles. The molecule has 3 aromatic rings. The van der Waals surface area contributed by atoms with Crippen molar-refractivity contribution in [2.24, 2.45) is 0 Å². The molecule has 168 valence electrons. The molecule has 0 saturated carbocycles. The smallest absolute Gasteiger partial charge is 0.224 e. The van der Waals surface area contributed by atoms with E-state index in [2.05, 4.69) is 36.1 Å². The third-order valence-electron chi connectivity index (χ3n) is 6.15. The molecule has 4 nitrogen and oxygen atoms in total. The minimum atomic E-state index is -0.717. The first-order valence-corrected chi connectivity index (χ1v) is 11.3. The standard InChI is InChI=1S/C28H34N2O2/c1-22(19-27(31)29(3)23(2)28(32)26-17-11-6-12-18-26)30(20-24-13-7-4-8-14-24)21-25-15-9-5-10-16-25/h4-18,22-23,28,32H,19-21H2,1-3H3/t22-,23+,28-/m1/s1. The van der Waals surface area contributed by atoms with Crippen molar-refractivity contribution in [2.75, 3.05) is 7.05 Å². The van der Waals surface area contributed by atoms with Gasteiger partial charge in [0.05, 0.1) is 12.1 Å². The monoisotopic (exact) mass is 430 g/mol. The molecule has 0 unspecified atom stereocenters. The molecule has 4 heteroatoms. The Balaban J connectivity index is 1.68. The maximum absolute atomic E-state index is 13.1. The molecule has 0 radical (unpaired) electrons. The molecule has 0 aliphatic rings. The zero-order valence-corrected chi connectivity index (χ0v) is 19.3. The summed E-state index contributed by atoms with van der Waals surface area (Å²) in [6, 6.07) is 30.0. The number of aliphatic hydroxyl groups is 1. The van der Waals surface area contributed by atoms with E-state index in [-0.39, 0.29) is 18.0 Å². The van der Waals surface area contributed by atoms with Crippen LogP contribution in [0.2, 0.25) is 0 Å². The van der Waals surface area contributed by atoms with Crippen molar-refractivity contribution >= 4 is 5.91 Å². The summed E-state index contributed by atoms with van der Waals surface area (Å²) in [6.07, 6.45) is -0.327. The largest absolute Gasteiger partial charge is 0.386 e. The Kier molecular flexibility index (Phi) is 8.60. The third-order valence-corrected chi connectivity index (χ3v) is 6.15. The second kappa shape index (κ2) is 11.6. The second-order valence-electron chi connectivity index (χ2n) is 8.53. The first-order valence-electron chi connectivity index (χ1n) is 11.3. The van der Waals surface area contributed by atoms with E-state index in [1.54, 1.807) is 11.9 Å². The number of carbonyl (C=O) groups excluding carboxylic acids is 1. The number of aliphatic hydroxyl groups excluding tert-OH is 1. The fraction of sp³-hybridized carbons (Fsp3) is 0.321. The third kappa shape index (κ3) is 6.52. The van der Waals surface area contributed by atoms with Gasteiger partial charge in [-0.3, -0.25) is 9.69 Å². The van der Waals surface area contributed by atoms with E-state index in [0.29, 0.717) is 6.42 Å². The summed E-state index contributed by atoms with van der Waals surface area (Å²) in [4.78, 5) is 17.1. The second-order valence-corrected chi connectivity index (χ2v) is 8.53. The molecule has 0 aliphatic carbocycles. The SMILES string of the molecule is C[C@H](CC(=O)N(C)[C@@H](C)[C@@H](O)c1ccccc1)N(Cc1ccccc1)Cc1ccccc1. The van der Waals surface area contributed by atoms with E-state index in [9.17, 15) is 9.90 Å². The van der Waals surface area contributed by atoms with Gasteiger partial charge in [-0.25, -0.2) is 0 Å². The number of amides is 1. The van der Waals surface area contributed by atoms with Crippen LogP contribution >= 0.6 is 0 Å². The molecule has 1 N–H and O–H groups in total. The summed E-state index contributed by atoms with van der Waals surface area (Å²) in [5, 5.41) is 10.7. The van der Waals surface area contributed by atoms with Crippen molar-refractivity contribution in [2.45, 2.75) is 51.5 Å². The van der Waals surface area contributed by atoms with Gasteiger partial charge in [-0.05, 0) is 30.5 Å². The fourth-order valence-electron chi connectivity index (χ4n) is 3.90. The summed E-state index contributed by atoms with van der Waals surface area (Å²) >= 11 is 0. The molecule has 0 heterocycles. The zero-order chi connectivity index (χ0) is 22.9. The van der Waals surface area contributed by atoms with Crippen LogP contribution in [0, 0.1) is 0 Å².